The molecular weight excluding hydrogens is 156 g/mol. The van der Waals surface area contributed by atoms with Gasteiger partial charge in [-0.25, -0.2) is 0 Å². The Balaban J connectivity index is 0.000000261. The summed E-state index contributed by atoms with van der Waals surface area (Å²) in [5.41, 5.74) is 0. The van der Waals surface area contributed by atoms with Crippen molar-refractivity contribution in [3.8, 4) is 0 Å². The average Bonchev–Trinajstić information content (AvgIpc) is 2.34. The molecule has 1 aliphatic heterocycles. The van der Waals surface area contributed by atoms with Crippen LogP contribution in [0, 0.1) is 0 Å². The summed E-state index contributed by atoms with van der Waals surface area (Å²) in [6.07, 6.45) is 0. The van der Waals surface area contributed by atoms with E-state index in [2.05, 4.69) is 18.9 Å². The van der Waals surface area contributed by atoms with Gasteiger partial charge in [0.05, 0.1) is 19.6 Å². The van der Waals surface area contributed by atoms with Gasteiger partial charge >= 0.3 is 0 Å². The number of nitrogens with zero attached hydrogens (tertiary/aromatic N) is 1. The molecule has 0 radical (unpaired) electrons. The third kappa shape index (κ3) is 6.12. The van der Waals surface area contributed by atoms with E-state index < -0.39 is 5.97 Å². The fourth-order valence-corrected chi connectivity index (χ4v) is 1.18. The molecule has 1 atom stereocenters. The molecule has 0 saturated carbocycles. The van der Waals surface area contributed by atoms with Crippen LogP contribution in [-0.2, 0) is 4.79 Å². The molecule has 1 fully saturated rings. The molecule has 1 unspecified atom stereocenters. The molecule has 0 aliphatic carbocycles. The molecule has 1 N–H and O–H groups in total. The maximum atomic E-state index is 8.89. The van der Waals surface area contributed by atoms with Crippen molar-refractivity contribution < 1.29 is 14.8 Å². The summed E-state index contributed by atoms with van der Waals surface area (Å²) in [7, 11) is 2.18. The average molecular weight is 174 g/mol. The lowest BCUT2D eigenvalue weighted by molar-refractivity contribution is -0.889. The topological polar surface area (TPSA) is 47.8 Å². The second-order valence-electron chi connectivity index (χ2n) is 3.08. The van der Waals surface area contributed by atoms with Crippen molar-refractivity contribution >= 4 is 5.97 Å². The highest BCUT2D eigenvalue weighted by molar-refractivity contribution is 5.60. The largest absolute Gasteiger partial charge is 0.550 e. The van der Waals surface area contributed by atoms with Crippen molar-refractivity contribution in [3.05, 3.63) is 0 Å². The van der Waals surface area contributed by atoms with E-state index in [4.69, 9.17) is 9.90 Å². The van der Waals surface area contributed by atoms with Crippen molar-refractivity contribution in [3.63, 3.8) is 0 Å². The molecule has 4 heteroatoms. The first-order valence-electron chi connectivity index (χ1n) is 4.26. The number of carboxylic acid groups (broad SMARTS) is 1. The van der Waals surface area contributed by atoms with Gasteiger partial charge in [0.25, 0.3) is 0 Å². The molecule has 12 heavy (non-hydrogen) atoms. The molecule has 1 saturated heterocycles. The Morgan fingerprint density at radius 1 is 1.67 bits per heavy atom. The summed E-state index contributed by atoms with van der Waals surface area (Å²) < 4.78 is 0. The van der Waals surface area contributed by atoms with Gasteiger partial charge in [-0.1, -0.05) is 0 Å². The van der Waals surface area contributed by atoms with Gasteiger partial charge in [-0.05, 0) is 20.9 Å². The van der Waals surface area contributed by atoms with Gasteiger partial charge in [0.2, 0.25) is 0 Å². The van der Waals surface area contributed by atoms with Gasteiger partial charge in [0, 0.05) is 5.97 Å². The van der Waals surface area contributed by atoms with Crippen LogP contribution in [0.4, 0.5) is 0 Å². The summed E-state index contributed by atoms with van der Waals surface area (Å²) in [5.74, 6) is -1.08. The minimum Gasteiger partial charge on any atom is -0.550 e. The van der Waals surface area contributed by atoms with Gasteiger partial charge in [-0.3, -0.25) is 4.90 Å². The van der Waals surface area contributed by atoms with E-state index in [1.54, 1.807) is 4.90 Å². The minimum atomic E-state index is -1.08. The molecule has 1 aliphatic rings. The smallest absolute Gasteiger partial charge is 0.133 e. The van der Waals surface area contributed by atoms with Crippen molar-refractivity contribution in [1.29, 1.82) is 0 Å². The first-order valence-corrected chi connectivity index (χ1v) is 4.26. The molecular formula is C8H18N2O2. The van der Waals surface area contributed by atoms with Gasteiger partial charge in [0.1, 0.15) is 6.67 Å². The predicted molar refractivity (Wildman–Crippen MR) is 44.5 cm³/mol. The van der Waals surface area contributed by atoms with Crippen molar-refractivity contribution in [2.45, 2.75) is 13.8 Å². The molecule has 0 aromatic heterocycles. The van der Waals surface area contributed by atoms with E-state index in [-0.39, 0.29) is 0 Å². The zero-order chi connectivity index (χ0) is 9.56. The quantitative estimate of drug-likeness (QED) is 0.480. The zero-order valence-electron chi connectivity index (χ0n) is 8.09. The number of rotatable bonds is 1. The summed E-state index contributed by atoms with van der Waals surface area (Å²) >= 11 is 0. The van der Waals surface area contributed by atoms with E-state index in [0.29, 0.717) is 0 Å². The van der Waals surface area contributed by atoms with Crippen LogP contribution < -0.4 is 10.0 Å². The lowest BCUT2D eigenvalue weighted by Gasteiger charge is -2.07. The van der Waals surface area contributed by atoms with Crippen molar-refractivity contribution in [2.75, 3.05) is 33.4 Å². The van der Waals surface area contributed by atoms with Crippen LogP contribution in [0.1, 0.15) is 13.8 Å². The summed E-state index contributed by atoms with van der Waals surface area (Å²) in [6.45, 7) is 8.37. The third-order valence-corrected chi connectivity index (χ3v) is 1.84. The second-order valence-corrected chi connectivity index (χ2v) is 3.08. The Morgan fingerprint density at radius 3 is 2.33 bits per heavy atom. The highest BCUT2D eigenvalue weighted by atomic mass is 16.4. The lowest BCUT2D eigenvalue weighted by atomic mass is 10.6. The number of carboxylic acids is 1. The van der Waals surface area contributed by atoms with Crippen LogP contribution in [0.25, 0.3) is 0 Å². The van der Waals surface area contributed by atoms with Crippen LogP contribution in [0.15, 0.2) is 0 Å². The fourth-order valence-electron chi connectivity index (χ4n) is 1.18. The number of likely N-dealkylation sites (N-methyl/N-ethyl adjacent to an activating group) is 2. The van der Waals surface area contributed by atoms with Gasteiger partial charge in [-0.15, -0.1) is 0 Å². The van der Waals surface area contributed by atoms with Gasteiger partial charge in [0.15, 0.2) is 0 Å². The van der Waals surface area contributed by atoms with Crippen molar-refractivity contribution in [2.24, 2.45) is 0 Å². The van der Waals surface area contributed by atoms with Crippen LogP contribution >= 0.6 is 0 Å². The summed E-state index contributed by atoms with van der Waals surface area (Å²) in [5, 5.41) is 8.89. The summed E-state index contributed by atoms with van der Waals surface area (Å²) in [4.78, 5) is 13.0. The Bertz CT molecular complexity index is 135. The molecule has 72 valence electrons. The zero-order valence-corrected chi connectivity index (χ0v) is 8.09. The maximum Gasteiger partial charge on any atom is 0.133 e. The first kappa shape index (κ1) is 11.4. The number of aliphatic carboxylic acids is 1. The minimum absolute atomic E-state index is 0.972. The Morgan fingerprint density at radius 2 is 2.17 bits per heavy atom. The Hall–Kier alpha value is -0.610. The number of hydrogen-bond donors (Lipinski definition) is 1. The molecule has 0 spiro atoms. The Labute approximate surface area is 73.8 Å². The number of carbonyl (C=O) groups is 1. The molecule has 0 aromatic carbocycles. The van der Waals surface area contributed by atoms with E-state index in [1.807, 2.05) is 0 Å². The summed E-state index contributed by atoms with van der Waals surface area (Å²) in [6, 6.07) is 0. The fraction of sp³-hybridized carbons (Fsp3) is 0.875. The molecule has 0 amide bonds. The van der Waals surface area contributed by atoms with Crippen LogP contribution in [-0.4, -0.2) is 44.2 Å². The predicted octanol–water partition coefficient (Wildman–Crippen LogP) is -2.45. The van der Waals surface area contributed by atoms with Crippen LogP contribution in [0.3, 0.4) is 0 Å². The standard InChI is InChI=1S/C6H14N2.C2H4O2/c1-3-8-5-4-7(2)6-8;1-2(3)4/h3-6H2,1-2H3;1H3,(H,3,4). The highest BCUT2D eigenvalue weighted by Gasteiger charge is 2.16. The van der Waals surface area contributed by atoms with Crippen LogP contribution in [0.5, 0.6) is 0 Å². The number of nitrogens with one attached hydrogen (secondary N) is 1. The second kappa shape index (κ2) is 5.97. The first-order chi connectivity index (χ1) is 5.56. The molecule has 0 bridgehead atoms. The molecule has 1 heterocycles. The molecule has 1 rings (SSSR count). The van der Waals surface area contributed by atoms with Gasteiger partial charge < -0.3 is 14.8 Å². The van der Waals surface area contributed by atoms with Crippen LogP contribution in [0.2, 0.25) is 0 Å². The van der Waals surface area contributed by atoms with E-state index in [0.717, 1.165) is 6.92 Å². The molecule has 0 aromatic rings. The normalized spacial score (nSPS) is 23.1. The number of quaternary nitrogens is 1. The maximum absolute atomic E-state index is 8.89. The number of hydrogen-bond acceptors (Lipinski definition) is 3. The Kier molecular flexibility index (Phi) is 5.66. The van der Waals surface area contributed by atoms with Gasteiger partial charge in [-0.2, -0.15) is 0 Å². The lowest BCUT2D eigenvalue weighted by Crippen LogP contribution is -3.10. The number of carbonyl (C=O) groups excluding carboxylic acids is 1. The monoisotopic (exact) mass is 174 g/mol. The van der Waals surface area contributed by atoms with E-state index >= 15 is 0 Å². The third-order valence-electron chi connectivity index (χ3n) is 1.84. The molecule has 4 nitrogen and oxygen atoms in total. The SMILES string of the molecule is CC(=O)[O-].CC[NH+]1CCN(C)C1. The van der Waals surface area contributed by atoms with Crippen molar-refractivity contribution in [1.82, 2.24) is 4.90 Å². The van der Waals surface area contributed by atoms with E-state index in [1.165, 1.54) is 26.3 Å². The van der Waals surface area contributed by atoms with E-state index in [9.17, 15) is 0 Å². The highest BCUT2D eigenvalue weighted by Crippen LogP contribution is 1.78.